The lowest BCUT2D eigenvalue weighted by atomic mass is 10.1. The minimum Gasteiger partial charge on any atom is -0.481 e. The summed E-state index contributed by atoms with van der Waals surface area (Å²) in [6, 6.07) is 18.6. The van der Waals surface area contributed by atoms with Crippen molar-refractivity contribution in [2.75, 3.05) is 6.54 Å². The first-order valence-electron chi connectivity index (χ1n) is 9.16. The van der Waals surface area contributed by atoms with Gasteiger partial charge in [0.15, 0.2) is 6.10 Å². The number of hydrogen-bond donors (Lipinski definition) is 2. The Hall–Kier alpha value is -3.35. The number of carbonyl (C=O) groups is 3. The second-order valence-corrected chi connectivity index (χ2v) is 6.71. The Morgan fingerprint density at radius 3 is 2.39 bits per heavy atom. The summed E-state index contributed by atoms with van der Waals surface area (Å²) in [7, 11) is 0. The van der Waals surface area contributed by atoms with Crippen LogP contribution in [0.25, 0.3) is 0 Å². The average molecular weight is 381 g/mol. The van der Waals surface area contributed by atoms with Crippen LogP contribution in [0.1, 0.15) is 18.9 Å². The molecule has 1 aliphatic rings. The minimum atomic E-state index is -0.775. The maximum atomic E-state index is 12.3. The third-order valence-corrected chi connectivity index (χ3v) is 4.54. The van der Waals surface area contributed by atoms with Gasteiger partial charge >= 0.3 is 0 Å². The van der Waals surface area contributed by atoms with Gasteiger partial charge in [0.1, 0.15) is 5.75 Å². The zero-order valence-electron chi connectivity index (χ0n) is 15.6. The summed E-state index contributed by atoms with van der Waals surface area (Å²) in [5.41, 5.74) is 5.78. The van der Waals surface area contributed by atoms with Crippen LogP contribution in [-0.2, 0) is 20.9 Å². The van der Waals surface area contributed by atoms with E-state index in [2.05, 4.69) is 10.9 Å². The molecular formula is C21H23N3O4. The molecule has 1 aliphatic heterocycles. The third-order valence-electron chi connectivity index (χ3n) is 4.54. The first-order valence-corrected chi connectivity index (χ1v) is 9.16. The van der Waals surface area contributed by atoms with Crippen LogP contribution in [0.5, 0.6) is 5.75 Å². The zero-order valence-corrected chi connectivity index (χ0v) is 15.6. The Morgan fingerprint density at radius 2 is 1.71 bits per heavy atom. The van der Waals surface area contributed by atoms with Crippen LogP contribution in [0.15, 0.2) is 60.7 Å². The molecule has 1 heterocycles. The number of nitrogens with zero attached hydrogens (tertiary/aromatic N) is 1. The van der Waals surface area contributed by atoms with Gasteiger partial charge in [-0.05, 0) is 24.6 Å². The van der Waals surface area contributed by atoms with E-state index in [0.717, 1.165) is 5.56 Å². The van der Waals surface area contributed by atoms with Gasteiger partial charge in [-0.2, -0.15) is 0 Å². The molecule has 1 saturated heterocycles. The summed E-state index contributed by atoms with van der Waals surface area (Å²) < 4.78 is 5.51. The van der Waals surface area contributed by atoms with E-state index >= 15 is 0 Å². The first kappa shape index (κ1) is 19.4. The van der Waals surface area contributed by atoms with Crippen LogP contribution in [0.2, 0.25) is 0 Å². The van der Waals surface area contributed by atoms with Gasteiger partial charge < -0.3 is 9.64 Å². The summed E-state index contributed by atoms with van der Waals surface area (Å²) in [4.78, 5) is 38.3. The van der Waals surface area contributed by atoms with E-state index in [1.54, 1.807) is 36.1 Å². The molecule has 0 spiro atoms. The zero-order chi connectivity index (χ0) is 19.9. The standard InChI is InChI=1S/C21H23N3O4/c1-15(28-18-10-6-3-7-11-18)20(26)22-23-21(27)17-12-19(25)24(14-17)13-16-8-4-2-5-9-16/h2-11,15,17H,12-14H2,1H3,(H,22,26)(H,23,27). The molecule has 28 heavy (non-hydrogen) atoms. The van der Waals surface area contributed by atoms with Crippen molar-refractivity contribution in [1.29, 1.82) is 0 Å². The average Bonchev–Trinajstić information content (AvgIpc) is 3.08. The van der Waals surface area contributed by atoms with E-state index in [1.165, 1.54) is 0 Å². The topological polar surface area (TPSA) is 87.7 Å². The van der Waals surface area contributed by atoms with E-state index in [1.807, 2.05) is 36.4 Å². The summed E-state index contributed by atoms with van der Waals surface area (Å²) >= 11 is 0. The van der Waals surface area contributed by atoms with Gasteiger partial charge in [-0.25, -0.2) is 0 Å². The molecule has 0 aromatic heterocycles. The Bertz CT molecular complexity index is 826. The third kappa shape index (κ3) is 5.09. The van der Waals surface area contributed by atoms with Crippen LogP contribution >= 0.6 is 0 Å². The lowest BCUT2D eigenvalue weighted by molar-refractivity contribution is -0.134. The fourth-order valence-electron chi connectivity index (χ4n) is 2.99. The Labute approximate surface area is 163 Å². The highest BCUT2D eigenvalue weighted by Crippen LogP contribution is 2.20. The van der Waals surface area contributed by atoms with Gasteiger partial charge in [-0.15, -0.1) is 0 Å². The molecule has 7 nitrogen and oxygen atoms in total. The normalized spacial score (nSPS) is 17.1. The number of para-hydroxylation sites is 1. The van der Waals surface area contributed by atoms with Crippen LogP contribution in [-0.4, -0.2) is 35.3 Å². The highest BCUT2D eigenvalue weighted by Gasteiger charge is 2.34. The quantitative estimate of drug-likeness (QED) is 0.745. The molecule has 0 saturated carbocycles. The van der Waals surface area contributed by atoms with Crippen molar-refractivity contribution in [2.24, 2.45) is 5.92 Å². The molecule has 0 aliphatic carbocycles. The van der Waals surface area contributed by atoms with Gasteiger partial charge in [0.25, 0.3) is 5.91 Å². The fraction of sp³-hybridized carbons (Fsp3) is 0.286. The largest absolute Gasteiger partial charge is 0.481 e. The highest BCUT2D eigenvalue weighted by molar-refractivity contribution is 5.90. The predicted molar refractivity (Wildman–Crippen MR) is 103 cm³/mol. The molecule has 0 bridgehead atoms. The number of amides is 3. The highest BCUT2D eigenvalue weighted by atomic mass is 16.5. The molecule has 146 valence electrons. The minimum absolute atomic E-state index is 0.0730. The van der Waals surface area contributed by atoms with Crippen molar-refractivity contribution in [3.8, 4) is 5.75 Å². The van der Waals surface area contributed by atoms with Crippen molar-refractivity contribution in [3.05, 3.63) is 66.2 Å². The van der Waals surface area contributed by atoms with Crippen LogP contribution < -0.4 is 15.6 Å². The molecule has 7 heteroatoms. The van der Waals surface area contributed by atoms with E-state index in [9.17, 15) is 14.4 Å². The van der Waals surface area contributed by atoms with E-state index in [4.69, 9.17) is 4.74 Å². The second-order valence-electron chi connectivity index (χ2n) is 6.71. The van der Waals surface area contributed by atoms with E-state index in [0.29, 0.717) is 18.8 Å². The number of hydrazine groups is 1. The smallest absolute Gasteiger partial charge is 0.279 e. The second kappa shape index (κ2) is 9.03. The van der Waals surface area contributed by atoms with Gasteiger partial charge in [0.2, 0.25) is 11.8 Å². The number of benzene rings is 2. The van der Waals surface area contributed by atoms with E-state index < -0.39 is 17.9 Å². The van der Waals surface area contributed by atoms with Gasteiger partial charge in [-0.1, -0.05) is 48.5 Å². The van der Waals surface area contributed by atoms with E-state index in [-0.39, 0.29) is 18.2 Å². The maximum Gasteiger partial charge on any atom is 0.279 e. The summed E-state index contributed by atoms with van der Waals surface area (Å²) in [6.07, 6.45) is -0.646. The molecule has 3 rings (SSSR count). The Morgan fingerprint density at radius 1 is 1.07 bits per heavy atom. The summed E-state index contributed by atoms with van der Waals surface area (Å²) in [5.74, 6) is -0.862. The van der Waals surface area contributed by atoms with Gasteiger partial charge in [0, 0.05) is 19.5 Å². The van der Waals surface area contributed by atoms with Crippen molar-refractivity contribution >= 4 is 17.7 Å². The van der Waals surface area contributed by atoms with Crippen molar-refractivity contribution < 1.29 is 19.1 Å². The van der Waals surface area contributed by atoms with Crippen molar-refractivity contribution in [2.45, 2.75) is 26.0 Å². The number of hydrogen-bond acceptors (Lipinski definition) is 4. The molecule has 2 N–H and O–H groups in total. The summed E-state index contributed by atoms with van der Waals surface area (Å²) in [5, 5.41) is 0. The van der Waals surface area contributed by atoms with Gasteiger partial charge in [0.05, 0.1) is 5.92 Å². The molecule has 0 radical (unpaired) electrons. The number of carbonyl (C=O) groups excluding carboxylic acids is 3. The van der Waals surface area contributed by atoms with Crippen LogP contribution in [0.4, 0.5) is 0 Å². The molecule has 3 amide bonds. The SMILES string of the molecule is CC(Oc1ccccc1)C(=O)NNC(=O)C1CC(=O)N(Cc2ccccc2)C1. The molecule has 2 aromatic carbocycles. The summed E-state index contributed by atoms with van der Waals surface area (Å²) in [6.45, 7) is 2.39. The molecule has 2 aromatic rings. The lowest BCUT2D eigenvalue weighted by Gasteiger charge is -2.18. The molecule has 2 atom stereocenters. The molecule has 2 unspecified atom stereocenters. The Balaban J connectivity index is 1.45. The first-order chi connectivity index (χ1) is 13.5. The van der Waals surface area contributed by atoms with Crippen molar-refractivity contribution in [3.63, 3.8) is 0 Å². The lowest BCUT2D eigenvalue weighted by Crippen LogP contribution is -2.49. The van der Waals surface area contributed by atoms with Crippen molar-refractivity contribution in [1.82, 2.24) is 15.8 Å². The predicted octanol–water partition coefficient (Wildman–Crippen LogP) is 1.65. The number of nitrogens with one attached hydrogen (secondary N) is 2. The van der Waals surface area contributed by atoms with Gasteiger partial charge in [-0.3, -0.25) is 25.2 Å². The fourth-order valence-corrected chi connectivity index (χ4v) is 2.99. The Kier molecular flexibility index (Phi) is 6.26. The number of rotatable bonds is 6. The maximum absolute atomic E-state index is 12.3. The number of likely N-dealkylation sites (tertiary alicyclic amines) is 1. The van der Waals surface area contributed by atoms with Crippen LogP contribution in [0, 0.1) is 5.92 Å². The molecule has 1 fully saturated rings. The monoisotopic (exact) mass is 381 g/mol. The van der Waals surface area contributed by atoms with Crippen LogP contribution in [0.3, 0.4) is 0 Å². The molecular weight excluding hydrogens is 358 g/mol. The number of ether oxygens (including phenoxy) is 1.